The van der Waals surface area contributed by atoms with Crippen LogP contribution in [0, 0.1) is 13.8 Å². The molecule has 0 bridgehead atoms. The van der Waals surface area contributed by atoms with Gasteiger partial charge in [0, 0.05) is 10.6 Å². The molecule has 3 N–H and O–H groups in total. The lowest BCUT2D eigenvalue weighted by atomic mass is 10.1. The minimum absolute atomic E-state index is 0.0141. The number of azo groups is 1. The number of nitrogens with one attached hydrogen (secondary N) is 1. The van der Waals surface area contributed by atoms with Crippen molar-refractivity contribution < 1.29 is 15.0 Å². The monoisotopic (exact) mass is 422 g/mol. The molecular weight excluding hydrogens is 404 g/mol. The average molecular weight is 423 g/mol. The van der Waals surface area contributed by atoms with Gasteiger partial charge in [-0.15, -0.1) is 0 Å². The van der Waals surface area contributed by atoms with Gasteiger partial charge in [0.15, 0.2) is 0 Å². The Kier molecular flexibility index (Phi) is 6.44. The number of hydrogen-bond acceptors (Lipinski definition) is 6. The van der Waals surface area contributed by atoms with Gasteiger partial charge in [-0.05, 0) is 73.5 Å². The molecule has 3 aromatic rings. The lowest BCUT2D eigenvalue weighted by Crippen LogP contribution is -2.17. The summed E-state index contributed by atoms with van der Waals surface area (Å²) in [5.41, 5.74) is 6.11. The summed E-state index contributed by atoms with van der Waals surface area (Å²) < 4.78 is 0. The molecule has 0 atom stereocenters. The first-order valence-corrected chi connectivity index (χ1v) is 9.35. The van der Waals surface area contributed by atoms with Crippen LogP contribution in [0.2, 0.25) is 5.02 Å². The van der Waals surface area contributed by atoms with Crippen LogP contribution in [0.1, 0.15) is 27.0 Å². The van der Waals surface area contributed by atoms with Crippen LogP contribution in [0.15, 0.2) is 69.9 Å². The lowest BCUT2D eigenvalue weighted by molar-refractivity contribution is 0.0952. The van der Waals surface area contributed by atoms with Crippen molar-refractivity contribution in [1.82, 2.24) is 5.43 Å². The molecule has 0 aliphatic heterocycles. The average Bonchev–Trinajstić information content (AvgIpc) is 2.72. The number of phenolic OH excluding ortho intramolecular Hbond substituents is 2. The number of rotatable bonds is 5. The summed E-state index contributed by atoms with van der Waals surface area (Å²) in [4.78, 5) is 12.1. The Hall–Kier alpha value is -3.71. The predicted octanol–water partition coefficient (Wildman–Crippen LogP) is 5.55. The second-order valence-corrected chi connectivity index (χ2v) is 7.01. The fraction of sp³-hybridized carbons (Fsp3) is 0.0909. The molecule has 1 amide bonds. The fourth-order valence-corrected chi connectivity index (χ4v) is 2.69. The molecule has 0 unspecified atom stereocenters. The first-order chi connectivity index (χ1) is 14.3. The quantitative estimate of drug-likeness (QED) is 0.285. The summed E-state index contributed by atoms with van der Waals surface area (Å²) in [5.74, 6) is -0.899. The van der Waals surface area contributed by atoms with Crippen molar-refractivity contribution in [3.63, 3.8) is 0 Å². The number of benzene rings is 3. The molecule has 0 aliphatic carbocycles. The molecular formula is C22H19ClN4O3. The number of hydrogen-bond donors (Lipinski definition) is 3. The van der Waals surface area contributed by atoms with Crippen LogP contribution in [0.5, 0.6) is 11.5 Å². The SMILES string of the molecule is Cc1ccc(N=Nc2ccc(O)c(/C=N\NC(=O)c3cc(Cl)ccc3O)c2)cc1C. The van der Waals surface area contributed by atoms with Gasteiger partial charge >= 0.3 is 0 Å². The van der Waals surface area contributed by atoms with E-state index in [9.17, 15) is 15.0 Å². The summed E-state index contributed by atoms with van der Waals surface area (Å²) >= 11 is 5.84. The number of carbonyl (C=O) groups excluding carboxylic acids is 1. The van der Waals surface area contributed by atoms with Gasteiger partial charge in [0.05, 0.1) is 23.2 Å². The van der Waals surface area contributed by atoms with Gasteiger partial charge in [0.25, 0.3) is 5.91 Å². The van der Waals surface area contributed by atoms with E-state index in [1.165, 1.54) is 36.0 Å². The maximum absolute atomic E-state index is 12.1. The largest absolute Gasteiger partial charge is 0.507 e. The van der Waals surface area contributed by atoms with Gasteiger partial charge < -0.3 is 10.2 Å². The van der Waals surface area contributed by atoms with Crippen molar-refractivity contribution >= 4 is 35.1 Å². The van der Waals surface area contributed by atoms with Gasteiger partial charge in [-0.1, -0.05) is 17.7 Å². The highest BCUT2D eigenvalue weighted by atomic mass is 35.5. The predicted molar refractivity (Wildman–Crippen MR) is 116 cm³/mol. The minimum atomic E-state index is -0.642. The summed E-state index contributed by atoms with van der Waals surface area (Å²) in [6.07, 6.45) is 1.27. The Morgan fingerprint density at radius 1 is 0.900 bits per heavy atom. The normalized spacial score (nSPS) is 11.3. The number of phenols is 2. The zero-order valence-corrected chi connectivity index (χ0v) is 17.1. The highest BCUT2D eigenvalue weighted by molar-refractivity contribution is 6.31. The van der Waals surface area contributed by atoms with E-state index in [4.69, 9.17) is 11.6 Å². The number of aromatic hydroxyl groups is 2. The Morgan fingerprint density at radius 3 is 2.30 bits per heavy atom. The smallest absolute Gasteiger partial charge is 0.275 e. The van der Waals surface area contributed by atoms with Crippen molar-refractivity contribution in [3.8, 4) is 11.5 Å². The van der Waals surface area contributed by atoms with E-state index >= 15 is 0 Å². The van der Waals surface area contributed by atoms with Gasteiger partial charge in [-0.25, -0.2) is 5.43 Å². The molecule has 0 radical (unpaired) electrons. The van der Waals surface area contributed by atoms with Crippen molar-refractivity contribution in [2.24, 2.45) is 15.3 Å². The van der Waals surface area contributed by atoms with Crippen LogP contribution in [-0.4, -0.2) is 22.3 Å². The molecule has 0 heterocycles. The van der Waals surface area contributed by atoms with Crippen LogP contribution in [0.4, 0.5) is 11.4 Å². The number of hydrazone groups is 1. The first kappa shape index (κ1) is 21.0. The summed E-state index contributed by atoms with van der Waals surface area (Å²) in [6.45, 7) is 4.02. The van der Waals surface area contributed by atoms with E-state index in [0.29, 0.717) is 16.3 Å². The van der Waals surface area contributed by atoms with Gasteiger partial charge in [-0.3, -0.25) is 4.79 Å². The number of amides is 1. The Bertz CT molecular complexity index is 1160. The third-order valence-electron chi connectivity index (χ3n) is 4.36. The standard InChI is InChI=1S/C22H19ClN4O3/c1-13-3-5-17(9-14(13)2)25-26-18-6-8-20(28)15(10-18)12-24-27-22(30)19-11-16(23)4-7-21(19)29/h3-12,28-29H,1-2H3,(H,27,30)/b24-12-,26-25?. The van der Waals surface area contributed by atoms with Crippen molar-refractivity contribution in [2.75, 3.05) is 0 Å². The maximum atomic E-state index is 12.1. The molecule has 0 fully saturated rings. The van der Waals surface area contributed by atoms with E-state index in [0.717, 1.165) is 11.3 Å². The molecule has 152 valence electrons. The number of aryl methyl sites for hydroxylation is 2. The van der Waals surface area contributed by atoms with Crippen LogP contribution in [-0.2, 0) is 0 Å². The van der Waals surface area contributed by atoms with E-state index in [1.54, 1.807) is 12.1 Å². The molecule has 8 heteroatoms. The molecule has 7 nitrogen and oxygen atoms in total. The van der Waals surface area contributed by atoms with Crippen LogP contribution in [0.25, 0.3) is 0 Å². The maximum Gasteiger partial charge on any atom is 0.275 e. The first-order valence-electron chi connectivity index (χ1n) is 8.97. The van der Waals surface area contributed by atoms with Gasteiger partial charge in [0.2, 0.25) is 0 Å². The number of halogens is 1. The molecule has 0 spiro atoms. The third kappa shape index (κ3) is 5.21. The van der Waals surface area contributed by atoms with Crippen LogP contribution < -0.4 is 5.43 Å². The van der Waals surface area contributed by atoms with Crippen molar-refractivity contribution in [3.05, 3.63) is 81.9 Å². The topological polar surface area (TPSA) is 107 Å². The van der Waals surface area contributed by atoms with Crippen molar-refractivity contribution in [1.29, 1.82) is 0 Å². The molecule has 0 saturated heterocycles. The molecule has 3 rings (SSSR count). The van der Waals surface area contributed by atoms with E-state index in [2.05, 4.69) is 20.8 Å². The number of nitrogens with zero attached hydrogens (tertiary/aromatic N) is 3. The summed E-state index contributed by atoms with van der Waals surface area (Å²) in [5, 5.41) is 32.3. The molecule has 30 heavy (non-hydrogen) atoms. The number of carbonyl (C=O) groups is 1. The van der Waals surface area contributed by atoms with E-state index in [1.807, 2.05) is 32.0 Å². The molecule has 3 aromatic carbocycles. The second-order valence-electron chi connectivity index (χ2n) is 6.57. The van der Waals surface area contributed by atoms with E-state index in [-0.39, 0.29) is 17.1 Å². The Labute approximate surface area is 178 Å². The highest BCUT2D eigenvalue weighted by Crippen LogP contribution is 2.25. The zero-order chi connectivity index (χ0) is 21.7. The van der Waals surface area contributed by atoms with Gasteiger partial charge in [0.1, 0.15) is 11.5 Å². The zero-order valence-electron chi connectivity index (χ0n) is 16.3. The third-order valence-corrected chi connectivity index (χ3v) is 4.59. The Morgan fingerprint density at radius 2 is 1.57 bits per heavy atom. The molecule has 0 aromatic heterocycles. The highest BCUT2D eigenvalue weighted by Gasteiger charge is 2.11. The van der Waals surface area contributed by atoms with Crippen molar-refractivity contribution in [2.45, 2.75) is 13.8 Å². The lowest BCUT2D eigenvalue weighted by Gasteiger charge is -2.04. The van der Waals surface area contributed by atoms with Crippen LogP contribution in [0.3, 0.4) is 0 Å². The van der Waals surface area contributed by atoms with Crippen LogP contribution >= 0.6 is 11.6 Å². The fourth-order valence-electron chi connectivity index (χ4n) is 2.52. The van der Waals surface area contributed by atoms with Gasteiger partial charge in [-0.2, -0.15) is 15.3 Å². The second kappa shape index (κ2) is 9.19. The molecule has 0 aliphatic rings. The van der Waals surface area contributed by atoms with E-state index < -0.39 is 5.91 Å². The Balaban J connectivity index is 1.73. The molecule has 0 saturated carbocycles. The summed E-state index contributed by atoms with van der Waals surface area (Å²) in [6, 6.07) is 14.5. The minimum Gasteiger partial charge on any atom is -0.507 e. The summed E-state index contributed by atoms with van der Waals surface area (Å²) in [7, 11) is 0.